The van der Waals surface area contributed by atoms with E-state index in [9.17, 15) is 18.0 Å². The molecule has 4 aromatic rings. The van der Waals surface area contributed by atoms with Crippen LogP contribution in [0.4, 0.5) is 42.0 Å². The molecule has 6 nitrogen and oxygen atoms in total. The average Bonchev–Trinajstić information content (AvgIpc) is 3.65. The summed E-state index contributed by atoms with van der Waals surface area (Å²) in [7, 11) is 0. The van der Waals surface area contributed by atoms with Crippen molar-refractivity contribution >= 4 is 45.6 Å². The van der Waals surface area contributed by atoms with Crippen molar-refractivity contribution in [2.45, 2.75) is 19.0 Å². The SMILES string of the molecule is O=C(Nc1cccc(Nc2nc(Nc3cccc(C(F)(F)F)c3)c3ccccc3n2)c1)C1CC1. The molecule has 1 aliphatic rings. The topological polar surface area (TPSA) is 78.9 Å². The zero-order valence-electron chi connectivity index (χ0n) is 17.9. The molecular weight excluding hydrogens is 443 g/mol. The number of hydrogen-bond donors (Lipinski definition) is 3. The number of aromatic nitrogens is 2. The molecule has 1 aromatic heterocycles. The van der Waals surface area contributed by atoms with E-state index in [-0.39, 0.29) is 23.5 Å². The summed E-state index contributed by atoms with van der Waals surface area (Å²) in [5.41, 5.74) is 1.44. The summed E-state index contributed by atoms with van der Waals surface area (Å²) in [4.78, 5) is 21.1. The fourth-order valence-corrected chi connectivity index (χ4v) is 3.53. The predicted octanol–water partition coefficient (Wildman–Crippen LogP) is 6.48. The lowest BCUT2D eigenvalue weighted by Gasteiger charge is -2.14. The molecule has 0 atom stereocenters. The van der Waals surface area contributed by atoms with Gasteiger partial charge in [-0.05, 0) is 61.4 Å². The van der Waals surface area contributed by atoms with E-state index in [1.807, 2.05) is 18.2 Å². The van der Waals surface area contributed by atoms with Gasteiger partial charge in [0.05, 0.1) is 11.1 Å². The van der Waals surface area contributed by atoms with Crippen molar-refractivity contribution in [1.82, 2.24) is 9.97 Å². The van der Waals surface area contributed by atoms with Crippen molar-refractivity contribution < 1.29 is 18.0 Å². The van der Waals surface area contributed by atoms with E-state index in [2.05, 4.69) is 25.9 Å². The van der Waals surface area contributed by atoms with E-state index < -0.39 is 11.7 Å². The largest absolute Gasteiger partial charge is 0.416 e. The number of nitrogens with zero attached hydrogens (tertiary/aromatic N) is 2. The highest BCUT2D eigenvalue weighted by molar-refractivity contribution is 5.95. The standard InChI is InChI=1S/C25H20F3N5O/c26-25(27,28)16-5-3-6-17(13-16)29-22-20-9-1-2-10-21(20)32-24(33-22)31-19-8-4-7-18(14-19)30-23(34)15-11-12-15/h1-10,13-15H,11-12H2,(H,30,34)(H2,29,31,32,33). The van der Waals surface area contributed by atoms with Gasteiger partial charge in [0.1, 0.15) is 5.82 Å². The summed E-state index contributed by atoms with van der Waals surface area (Å²) in [6.45, 7) is 0. The van der Waals surface area contributed by atoms with Gasteiger partial charge in [0.15, 0.2) is 0 Å². The molecule has 1 saturated carbocycles. The number of carbonyl (C=O) groups is 1. The van der Waals surface area contributed by atoms with Crippen LogP contribution in [0.5, 0.6) is 0 Å². The third-order valence-corrected chi connectivity index (χ3v) is 5.39. The molecular formula is C25H20F3N5O. The van der Waals surface area contributed by atoms with Crippen molar-refractivity contribution in [1.29, 1.82) is 0 Å². The summed E-state index contributed by atoms with van der Waals surface area (Å²) in [5, 5.41) is 9.68. The zero-order valence-corrected chi connectivity index (χ0v) is 17.9. The van der Waals surface area contributed by atoms with Crippen molar-refractivity contribution in [3.05, 3.63) is 78.4 Å². The second-order valence-corrected chi connectivity index (χ2v) is 8.09. The maximum Gasteiger partial charge on any atom is 0.416 e. The molecule has 1 amide bonds. The van der Waals surface area contributed by atoms with Gasteiger partial charge in [0.2, 0.25) is 11.9 Å². The molecule has 9 heteroatoms. The van der Waals surface area contributed by atoms with Gasteiger partial charge in [-0.1, -0.05) is 24.3 Å². The molecule has 1 fully saturated rings. The molecule has 1 heterocycles. The summed E-state index contributed by atoms with van der Waals surface area (Å²) in [6.07, 6.45) is -2.62. The average molecular weight is 463 g/mol. The van der Waals surface area contributed by atoms with Crippen LogP contribution < -0.4 is 16.0 Å². The normalized spacial score (nSPS) is 13.5. The highest BCUT2D eigenvalue weighted by atomic mass is 19.4. The zero-order chi connectivity index (χ0) is 23.7. The van der Waals surface area contributed by atoms with Gasteiger partial charge in [0.25, 0.3) is 0 Å². The van der Waals surface area contributed by atoms with Crippen LogP contribution in [0.3, 0.4) is 0 Å². The van der Waals surface area contributed by atoms with E-state index in [1.165, 1.54) is 6.07 Å². The molecule has 3 aromatic carbocycles. The highest BCUT2D eigenvalue weighted by Gasteiger charge is 2.30. The number of nitrogens with one attached hydrogen (secondary N) is 3. The van der Waals surface area contributed by atoms with Crippen molar-refractivity contribution in [2.75, 3.05) is 16.0 Å². The quantitative estimate of drug-likeness (QED) is 0.305. The van der Waals surface area contributed by atoms with Crippen molar-refractivity contribution in [3.8, 4) is 0 Å². The molecule has 0 bridgehead atoms. The van der Waals surface area contributed by atoms with E-state index in [1.54, 1.807) is 36.4 Å². The number of hydrogen-bond acceptors (Lipinski definition) is 5. The lowest BCUT2D eigenvalue weighted by molar-refractivity contribution is -0.137. The van der Waals surface area contributed by atoms with Crippen molar-refractivity contribution in [2.24, 2.45) is 5.92 Å². The van der Waals surface area contributed by atoms with Gasteiger partial charge in [0, 0.05) is 28.4 Å². The maximum absolute atomic E-state index is 13.1. The Hall–Kier alpha value is -4.14. The molecule has 0 unspecified atom stereocenters. The summed E-state index contributed by atoms with van der Waals surface area (Å²) in [6, 6.07) is 19.4. The Morgan fingerprint density at radius 2 is 1.53 bits per heavy atom. The van der Waals surface area contributed by atoms with Crippen LogP contribution in [0.15, 0.2) is 72.8 Å². The minimum atomic E-state index is -4.45. The second-order valence-electron chi connectivity index (χ2n) is 8.09. The number of carbonyl (C=O) groups excluding carboxylic acids is 1. The number of alkyl halides is 3. The van der Waals surface area contributed by atoms with Gasteiger partial charge in [-0.2, -0.15) is 18.2 Å². The lowest BCUT2D eigenvalue weighted by Crippen LogP contribution is -2.13. The second kappa shape index (κ2) is 8.66. The molecule has 5 rings (SSSR count). The molecule has 0 aliphatic heterocycles. The fraction of sp³-hybridized carbons (Fsp3) is 0.160. The third-order valence-electron chi connectivity index (χ3n) is 5.39. The first kappa shape index (κ1) is 21.7. The fourth-order valence-electron chi connectivity index (χ4n) is 3.53. The number of halogens is 3. The molecule has 0 saturated heterocycles. The van der Waals surface area contributed by atoms with Crippen LogP contribution in [-0.2, 0) is 11.0 Å². The Morgan fingerprint density at radius 3 is 2.29 bits per heavy atom. The van der Waals surface area contributed by atoms with Crippen LogP contribution >= 0.6 is 0 Å². The first-order valence-corrected chi connectivity index (χ1v) is 10.7. The smallest absolute Gasteiger partial charge is 0.340 e. The number of rotatable bonds is 6. The van der Waals surface area contributed by atoms with E-state index in [4.69, 9.17) is 0 Å². The number of amides is 1. The first-order chi connectivity index (χ1) is 16.3. The summed E-state index contributed by atoms with van der Waals surface area (Å²) >= 11 is 0. The van der Waals surface area contributed by atoms with Crippen LogP contribution in [0.1, 0.15) is 18.4 Å². The van der Waals surface area contributed by atoms with E-state index in [0.29, 0.717) is 28.1 Å². The first-order valence-electron chi connectivity index (χ1n) is 10.7. The van der Waals surface area contributed by atoms with Crippen LogP contribution in [0.2, 0.25) is 0 Å². The molecule has 0 radical (unpaired) electrons. The molecule has 172 valence electrons. The van der Waals surface area contributed by atoms with E-state index >= 15 is 0 Å². The predicted molar refractivity (Wildman–Crippen MR) is 125 cm³/mol. The molecule has 1 aliphatic carbocycles. The lowest BCUT2D eigenvalue weighted by atomic mass is 10.2. The highest BCUT2D eigenvalue weighted by Crippen LogP contribution is 2.33. The number of para-hydroxylation sites is 1. The summed E-state index contributed by atoms with van der Waals surface area (Å²) in [5.74, 6) is 0.723. The Kier molecular flexibility index (Phi) is 5.53. The van der Waals surface area contributed by atoms with Crippen LogP contribution in [-0.4, -0.2) is 15.9 Å². The van der Waals surface area contributed by atoms with Gasteiger partial charge in [-0.25, -0.2) is 4.98 Å². The molecule has 34 heavy (non-hydrogen) atoms. The maximum atomic E-state index is 13.1. The molecule has 3 N–H and O–H groups in total. The monoisotopic (exact) mass is 463 g/mol. The number of benzene rings is 3. The third kappa shape index (κ3) is 4.93. The Labute approximate surface area is 193 Å². The van der Waals surface area contributed by atoms with Crippen LogP contribution in [0.25, 0.3) is 10.9 Å². The number of anilines is 5. The summed E-state index contributed by atoms with van der Waals surface area (Å²) < 4.78 is 39.4. The molecule has 0 spiro atoms. The van der Waals surface area contributed by atoms with Gasteiger partial charge in [-0.15, -0.1) is 0 Å². The minimum Gasteiger partial charge on any atom is -0.340 e. The number of fused-ring (bicyclic) bond motifs is 1. The van der Waals surface area contributed by atoms with Gasteiger partial charge < -0.3 is 16.0 Å². The van der Waals surface area contributed by atoms with E-state index in [0.717, 1.165) is 25.0 Å². The Bertz CT molecular complexity index is 1370. The van der Waals surface area contributed by atoms with Gasteiger partial charge >= 0.3 is 6.18 Å². The van der Waals surface area contributed by atoms with Crippen molar-refractivity contribution in [3.63, 3.8) is 0 Å². The van der Waals surface area contributed by atoms with Gasteiger partial charge in [-0.3, -0.25) is 4.79 Å². The van der Waals surface area contributed by atoms with Crippen LogP contribution in [0, 0.1) is 5.92 Å². The Balaban J connectivity index is 1.44. The Morgan fingerprint density at radius 1 is 0.824 bits per heavy atom. The minimum absolute atomic E-state index is 0.00618.